The van der Waals surface area contributed by atoms with Crippen molar-refractivity contribution in [3.05, 3.63) is 216 Å². The van der Waals surface area contributed by atoms with Crippen LogP contribution >= 0.6 is 11.3 Å². The number of thiophene rings is 1. The van der Waals surface area contributed by atoms with Gasteiger partial charge in [0.1, 0.15) is 0 Å². The van der Waals surface area contributed by atoms with Crippen LogP contribution in [-0.2, 0) is 5.41 Å². The smallest absolute Gasteiger partial charge is 0.0728 e. The Morgan fingerprint density at radius 2 is 0.846 bits per heavy atom. The molecule has 0 unspecified atom stereocenters. The molecule has 0 atom stereocenters. The van der Waals surface area contributed by atoms with Gasteiger partial charge in [0.05, 0.1) is 5.41 Å². The van der Waals surface area contributed by atoms with Crippen molar-refractivity contribution in [2.75, 3.05) is 0 Å². The van der Waals surface area contributed by atoms with Crippen molar-refractivity contribution in [1.82, 2.24) is 0 Å². The third-order valence-corrected chi connectivity index (χ3v) is 12.5. The highest BCUT2D eigenvalue weighted by Gasteiger charge is 2.48. The van der Waals surface area contributed by atoms with E-state index in [4.69, 9.17) is 0 Å². The van der Waals surface area contributed by atoms with Crippen LogP contribution < -0.4 is 0 Å². The van der Waals surface area contributed by atoms with Gasteiger partial charge in [0.15, 0.2) is 0 Å². The highest BCUT2D eigenvalue weighted by molar-refractivity contribution is 7.22. The normalized spacial score (nSPS) is 13.2. The lowest BCUT2D eigenvalue weighted by Gasteiger charge is -2.34. The zero-order valence-electron chi connectivity index (χ0n) is 28.4. The lowest BCUT2D eigenvalue weighted by molar-refractivity contribution is 0.777. The Balaban J connectivity index is 1.25. The molecule has 0 N–H and O–H groups in total. The van der Waals surface area contributed by atoms with Gasteiger partial charge in [-0.1, -0.05) is 176 Å². The van der Waals surface area contributed by atoms with Gasteiger partial charge in [-0.25, -0.2) is 0 Å². The molecular weight excluding hydrogens is 645 g/mol. The summed E-state index contributed by atoms with van der Waals surface area (Å²) in [5, 5.41) is 8.94. The van der Waals surface area contributed by atoms with E-state index >= 15 is 0 Å². The first-order valence-corrected chi connectivity index (χ1v) is 18.8. The molecule has 0 nitrogen and oxygen atoms in total. The van der Waals surface area contributed by atoms with Crippen LogP contribution in [0.1, 0.15) is 22.3 Å². The Bertz CT molecular complexity index is 2910. The number of rotatable bonds is 4. The maximum absolute atomic E-state index is 2.53. The molecule has 0 radical (unpaired) electrons. The van der Waals surface area contributed by atoms with Crippen molar-refractivity contribution < 1.29 is 0 Å². The molecule has 0 saturated heterocycles. The molecule has 0 amide bonds. The molecule has 9 aromatic carbocycles. The first-order chi connectivity index (χ1) is 25.8. The van der Waals surface area contributed by atoms with E-state index < -0.39 is 5.41 Å². The average Bonchev–Trinajstić information content (AvgIpc) is 3.73. The first kappa shape index (κ1) is 29.5. The molecule has 1 aliphatic carbocycles. The zero-order chi connectivity index (χ0) is 34.2. The highest BCUT2D eigenvalue weighted by Crippen LogP contribution is 2.61. The Morgan fingerprint density at radius 3 is 1.46 bits per heavy atom. The molecule has 1 aliphatic rings. The minimum Gasteiger partial charge on any atom is -0.135 e. The summed E-state index contributed by atoms with van der Waals surface area (Å²) in [4.78, 5) is 1.37. The van der Waals surface area contributed by atoms with Crippen LogP contribution in [0.3, 0.4) is 0 Å². The highest BCUT2D eigenvalue weighted by atomic mass is 32.1. The van der Waals surface area contributed by atoms with E-state index in [-0.39, 0.29) is 0 Å². The Morgan fingerprint density at radius 1 is 0.365 bits per heavy atom. The number of hydrogen-bond donors (Lipinski definition) is 0. The average molecular weight is 677 g/mol. The molecule has 52 heavy (non-hydrogen) atoms. The van der Waals surface area contributed by atoms with Crippen molar-refractivity contribution in [2.45, 2.75) is 5.41 Å². The van der Waals surface area contributed by atoms with Crippen LogP contribution in [0, 0.1) is 0 Å². The van der Waals surface area contributed by atoms with Crippen LogP contribution in [0.4, 0.5) is 0 Å². The summed E-state index contributed by atoms with van der Waals surface area (Å²) in [5.74, 6) is 0. The summed E-state index contributed by atoms with van der Waals surface area (Å²) < 4.78 is 1.33. The molecule has 0 bridgehead atoms. The molecule has 10 aromatic rings. The molecule has 1 heteroatoms. The van der Waals surface area contributed by atoms with E-state index in [1.165, 1.54) is 97.4 Å². The Kier molecular flexibility index (Phi) is 6.44. The SMILES string of the molecule is c1ccc(C2(c3ccccc3)c3cc(-c4c5ccccc5c(-c5ccc6ccccc6c5)c5ccccc45)ccc3-c3sc4ccccc4c32)cc1. The van der Waals surface area contributed by atoms with Gasteiger partial charge in [-0.2, -0.15) is 0 Å². The van der Waals surface area contributed by atoms with Crippen molar-refractivity contribution in [3.63, 3.8) is 0 Å². The van der Waals surface area contributed by atoms with E-state index in [2.05, 4.69) is 194 Å². The predicted octanol–water partition coefficient (Wildman–Crippen LogP) is 14.1. The van der Waals surface area contributed by atoms with Crippen LogP contribution in [0.25, 0.3) is 75.1 Å². The lowest BCUT2D eigenvalue weighted by atomic mass is 9.67. The fourth-order valence-corrected chi connectivity index (χ4v) is 10.5. The van der Waals surface area contributed by atoms with E-state index in [1.807, 2.05) is 11.3 Å². The number of benzene rings is 9. The van der Waals surface area contributed by atoms with Crippen molar-refractivity contribution >= 4 is 53.7 Å². The maximum Gasteiger partial charge on any atom is 0.0728 e. The topological polar surface area (TPSA) is 0 Å². The standard InChI is InChI=1S/C51H32S/c1-3-17-37(18-4-1)51(38-19-5-2-6-20-38)45-32-36(29-30-43(45)50-49(51)44-25-13-14-26-46(44)52-50)48-41-23-11-9-21-39(41)47(40-22-10-12-24-42(40)48)35-28-27-33-15-7-8-16-34(33)31-35/h1-32H. The summed E-state index contributed by atoms with van der Waals surface area (Å²) in [5.41, 5.74) is 11.3. The summed E-state index contributed by atoms with van der Waals surface area (Å²) in [6, 6.07) is 72.2. The van der Waals surface area contributed by atoms with Crippen molar-refractivity contribution in [2.24, 2.45) is 0 Å². The summed E-state index contributed by atoms with van der Waals surface area (Å²) in [7, 11) is 0. The predicted molar refractivity (Wildman–Crippen MR) is 223 cm³/mol. The van der Waals surface area contributed by atoms with Gasteiger partial charge in [0.2, 0.25) is 0 Å². The summed E-state index contributed by atoms with van der Waals surface area (Å²) >= 11 is 1.93. The van der Waals surface area contributed by atoms with Gasteiger partial charge < -0.3 is 0 Å². The summed E-state index contributed by atoms with van der Waals surface area (Å²) in [6.07, 6.45) is 0. The van der Waals surface area contributed by atoms with Crippen LogP contribution in [0.2, 0.25) is 0 Å². The largest absolute Gasteiger partial charge is 0.135 e. The van der Waals surface area contributed by atoms with E-state index in [0.717, 1.165) is 0 Å². The zero-order valence-corrected chi connectivity index (χ0v) is 29.2. The Labute approximate surface area is 306 Å². The molecule has 0 spiro atoms. The van der Waals surface area contributed by atoms with Gasteiger partial charge in [0, 0.05) is 9.58 Å². The second kappa shape index (κ2) is 11.4. The number of fused-ring (bicyclic) bond motifs is 8. The molecular formula is C51H32S. The van der Waals surface area contributed by atoms with Gasteiger partial charge in [-0.3, -0.25) is 0 Å². The third-order valence-electron chi connectivity index (χ3n) is 11.3. The Hall–Kier alpha value is -6.28. The van der Waals surface area contributed by atoms with Crippen LogP contribution in [0.5, 0.6) is 0 Å². The fraction of sp³-hybridized carbons (Fsp3) is 0.0196. The maximum atomic E-state index is 2.53. The van der Waals surface area contributed by atoms with E-state index in [1.54, 1.807) is 0 Å². The molecule has 242 valence electrons. The van der Waals surface area contributed by atoms with Crippen LogP contribution in [0.15, 0.2) is 194 Å². The van der Waals surface area contributed by atoms with Crippen molar-refractivity contribution in [3.8, 4) is 32.7 Å². The van der Waals surface area contributed by atoms with E-state index in [9.17, 15) is 0 Å². The molecule has 0 fully saturated rings. The molecule has 1 aromatic heterocycles. The van der Waals surface area contributed by atoms with Crippen LogP contribution in [-0.4, -0.2) is 0 Å². The first-order valence-electron chi connectivity index (χ1n) is 18.0. The third kappa shape index (κ3) is 4.09. The minimum atomic E-state index is -0.473. The quantitative estimate of drug-likeness (QED) is 0.163. The van der Waals surface area contributed by atoms with Gasteiger partial charge in [0.25, 0.3) is 0 Å². The van der Waals surface area contributed by atoms with Gasteiger partial charge >= 0.3 is 0 Å². The summed E-state index contributed by atoms with van der Waals surface area (Å²) in [6.45, 7) is 0. The second-order valence-corrected chi connectivity index (χ2v) is 15.0. The lowest BCUT2D eigenvalue weighted by Crippen LogP contribution is -2.28. The number of hydrogen-bond acceptors (Lipinski definition) is 1. The van der Waals surface area contributed by atoms with Gasteiger partial charge in [-0.05, 0) is 106 Å². The van der Waals surface area contributed by atoms with Gasteiger partial charge in [-0.15, -0.1) is 11.3 Å². The molecule has 0 aliphatic heterocycles. The van der Waals surface area contributed by atoms with E-state index in [0.29, 0.717) is 0 Å². The molecule has 11 rings (SSSR count). The second-order valence-electron chi connectivity index (χ2n) is 13.9. The fourth-order valence-electron chi connectivity index (χ4n) is 9.19. The monoisotopic (exact) mass is 676 g/mol. The molecule has 1 heterocycles. The van der Waals surface area contributed by atoms with Crippen molar-refractivity contribution in [1.29, 1.82) is 0 Å². The molecule has 0 saturated carbocycles. The minimum absolute atomic E-state index is 0.473.